The van der Waals surface area contributed by atoms with E-state index in [4.69, 9.17) is 13.6 Å². The number of aryl methyl sites for hydroxylation is 2. The molecule has 5 heteroatoms. The first-order valence-electron chi connectivity index (χ1n) is 29.9. The number of phenols is 1. The standard InChI is InChI=1S/C66H89O4P/c1-43-35-56-46(4)57-36-44(2)38-61(51-31-19-9-20-32-51)65(57)69-71(68-64(56)60(37-43)50-29-17-8-18-30-50)70-66-58(40-54(48-25-13-6-14-26-48)42-62(66)52-33-21-10-22-34-52)45(3)55-39-53(47-23-11-5-12-24-47)41-59(63(55)67)49-27-15-7-16-28-49/h35-42,45-52,67H,5-34H2,1-4H3. The van der Waals surface area contributed by atoms with Gasteiger partial charge < -0.3 is 18.7 Å². The van der Waals surface area contributed by atoms with Crippen LogP contribution in [0.5, 0.6) is 23.0 Å². The molecule has 382 valence electrons. The van der Waals surface area contributed by atoms with E-state index >= 15 is 0 Å². The number of benzene rings is 4. The third-order valence-corrected chi connectivity index (χ3v) is 20.6. The van der Waals surface area contributed by atoms with Crippen LogP contribution in [0.25, 0.3) is 0 Å². The molecule has 6 aliphatic carbocycles. The maximum absolute atomic E-state index is 12.9. The Morgan fingerprint density at radius 3 is 1.18 bits per heavy atom. The molecule has 1 atom stereocenters. The van der Waals surface area contributed by atoms with Crippen LogP contribution in [0.2, 0.25) is 0 Å². The van der Waals surface area contributed by atoms with Crippen LogP contribution in [-0.4, -0.2) is 5.11 Å². The van der Waals surface area contributed by atoms with Gasteiger partial charge in [-0.3, -0.25) is 0 Å². The molecule has 1 unspecified atom stereocenters. The van der Waals surface area contributed by atoms with Crippen LogP contribution in [0.15, 0.2) is 48.5 Å². The van der Waals surface area contributed by atoms with Crippen molar-refractivity contribution in [3.63, 3.8) is 0 Å². The van der Waals surface area contributed by atoms with Gasteiger partial charge in [0, 0.05) is 34.1 Å². The van der Waals surface area contributed by atoms with Crippen molar-refractivity contribution in [3.05, 3.63) is 115 Å². The van der Waals surface area contributed by atoms with E-state index in [1.165, 1.54) is 254 Å². The molecule has 1 aliphatic heterocycles. The third-order valence-electron chi connectivity index (χ3n) is 19.6. The van der Waals surface area contributed by atoms with E-state index in [1.54, 1.807) is 0 Å². The molecule has 4 aromatic carbocycles. The van der Waals surface area contributed by atoms with Crippen LogP contribution in [0.3, 0.4) is 0 Å². The summed E-state index contributed by atoms with van der Waals surface area (Å²) in [5.41, 5.74) is 15.9. The molecule has 1 heterocycles. The lowest BCUT2D eigenvalue weighted by Gasteiger charge is -2.35. The van der Waals surface area contributed by atoms with Gasteiger partial charge in [-0.15, -0.1) is 0 Å². The molecule has 7 aliphatic rings. The number of phenolic OH excluding ortho intramolecular Hbond substituents is 1. The maximum Gasteiger partial charge on any atom is 0.530 e. The minimum atomic E-state index is -1.95. The first kappa shape index (κ1) is 49.7. The average Bonchev–Trinajstić information content (AvgIpc) is 3.42. The predicted octanol–water partition coefficient (Wildman–Crippen LogP) is 20.7. The van der Waals surface area contributed by atoms with Crippen molar-refractivity contribution in [1.29, 1.82) is 0 Å². The van der Waals surface area contributed by atoms with Crippen LogP contribution in [0, 0.1) is 13.8 Å². The van der Waals surface area contributed by atoms with Crippen LogP contribution >= 0.6 is 8.60 Å². The van der Waals surface area contributed by atoms with Crippen molar-refractivity contribution in [1.82, 2.24) is 0 Å². The van der Waals surface area contributed by atoms with Gasteiger partial charge in [-0.2, -0.15) is 0 Å². The van der Waals surface area contributed by atoms with E-state index in [-0.39, 0.29) is 11.8 Å². The molecule has 0 spiro atoms. The van der Waals surface area contributed by atoms with Gasteiger partial charge in [0.15, 0.2) is 0 Å². The molecule has 1 N–H and O–H groups in total. The zero-order valence-corrected chi connectivity index (χ0v) is 45.5. The highest BCUT2D eigenvalue weighted by atomic mass is 31.2. The monoisotopic (exact) mass is 977 g/mol. The van der Waals surface area contributed by atoms with Crippen LogP contribution in [0.1, 0.15) is 321 Å². The summed E-state index contributed by atoms with van der Waals surface area (Å²) in [6.45, 7) is 9.42. The van der Waals surface area contributed by atoms with Gasteiger partial charge in [0.2, 0.25) is 0 Å². The smallest absolute Gasteiger partial charge is 0.507 e. The zero-order chi connectivity index (χ0) is 48.4. The molecule has 0 bridgehead atoms. The van der Waals surface area contributed by atoms with E-state index < -0.39 is 8.60 Å². The fraction of sp³-hybridized carbons (Fsp3) is 0.636. The van der Waals surface area contributed by atoms with Gasteiger partial charge in [-0.1, -0.05) is 189 Å². The number of hydrogen-bond donors (Lipinski definition) is 1. The molecule has 11 rings (SSSR count). The summed E-state index contributed by atoms with van der Waals surface area (Å²) in [6.07, 6.45) is 37.8. The van der Waals surface area contributed by atoms with Crippen molar-refractivity contribution in [2.75, 3.05) is 0 Å². The average molecular weight is 977 g/mol. The fourth-order valence-electron chi connectivity index (χ4n) is 15.5. The maximum atomic E-state index is 12.9. The van der Waals surface area contributed by atoms with Crippen molar-refractivity contribution in [2.45, 2.75) is 268 Å². The van der Waals surface area contributed by atoms with E-state index in [0.29, 0.717) is 41.3 Å². The quantitative estimate of drug-likeness (QED) is 0.161. The molecule has 0 saturated heterocycles. The first-order chi connectivity index (χ1) is 34.8. The number of rotatable bonds is 10. The van der Waals surface area contributed by atoms with Crippen molar-refractivity contribution < 1.29 is 18.7 Å². The Bertz CT molecular complexity index is 2370. The predicted molar refractivity (Wildman–Crippen MR) is 296 cm³/mol. The normalized spacial score (nSPS) is 24.2. The van der Waals surface area contributed by atoms with Crippen LogP contribution in [0.4, 0.5) is 0 Å². The Hall–Kier alpha value is -3.49. The lowest BCUT2D eigenvalue weighted by molar-refractivity contribution is 0.355. The Labute approximate surface area is 431 Å². The number of fused-ring (bicyclic) bond motifs is 2. The van der Waals surface area contributed by atoms with Gasteiger partial charge in [0.05, 0.1) is 0 Å². The number of hydrogen-bond acceptors (Lipinski definition) is 4. The van der Waals surface area contributed by atoms with E-state index in [2.05, 4.69) is 76.2 Å². The lowest BCUT2D eigenvalue weighted by atomic mass is 9.75. The molecule has 6 fully saturated rings. The summed E-state index contributed by atoms with van der Waals surface area (Å²) in [4.78, 5) is 0. The highest BCUT2D eigenvalue weighted by molar-refractivity contribution is 7.43. The van der Waals surface area contributed by atoms with Crippen LogP contribution in [-0.2, 0) is 0 Å². The lowest BCUT2D eigenvalue weighted by Crippen LogP contribution is -2.18. The molecule has 0 amide bonds. The highest BCUT2D eigenvalue weighted by Crippen LogP contribution is 2.59. The van der Waals surface area contributed by atoms with Gasteiger partial charge >= 0.3 is 8.60 Å². The molecule has 4 nitrogen and oxygen atoms in total. The second-order valence-corrected chi connectivity index (χ2v) is 25.6. The summed E-state index contributed by atoms with van der Waals surface area (Å²) in [6, 6.07) is 19.9. The Balaban J connectivity index is 1.11. The van der Waals surface area contributed by atoms with Crippen molar-refractivity contribution in [2.24, 2.45) is 0 Å². The molecule has 4 aromatic rings. The molecule has 6 saturated carbocycles. The summed E-state index contributed by atoms with van der Waals surface area (Å²) in [7, 11) is -1.95. The third kappa shape index (κ3) is 10.7. The Kier molecular flexibility index (Phi) is 15.8. The van der Waals surface area contributed by atoms with Gasteiger partial charge in [0.25, 0.3) is 0 Å². The largest absolute Gasteiger partial charge is 0.530 e. The summed E-state index contributed by atoms with van der Waals surface area (Å²) in [5.74, 6) is 6.52. The zero-order valence-electron chi connectivity index (χ0n) is 44.6. The summed E-state index contributed by atoms with van der Waals surface area (Å²) >= 11 is 0. The minimum absolute atomic E-state index is 0.0768. The van der Waals surface area contributed by atoms with Crippen molar-refractivity contribution in [3.8, 4) is 23.0 Å². The topological polar surface area (TPSA) is 47.9 Å². The van der Waals surface area contributed by atoms with Crippen molar-refractivity contribution >= 4 is 8.60 Å². The second kappa shape index (κ2) is 22.5. The highest BCUT2D eigenvalue weighted by Gasteiger charge is 2.39. The van der Waals surface area contributed by atoms with Crippen LogP contribution < -0.4 is 13.6 Å². The van der Waals surface area contributed by atoms with E-state index in [0.717, 1.165) is 22.8 Å². The van der Waals surface area contributed by atoms with E-state index in [9.17, 15) is 5.11 Å². The molecular formula is C66H89O4P. The van der Waals surface area contributed by atoms with Gasteiger partial charge in [0.1, 0.15) is 23.0 Å². The molecular weight excluding hydrogens is 888 g/mol. The Morgan fingerprint density at radius 2 is 0.761 bits per heavy atom. The first-order valence-corrected chi connectivity index (χ1v) is 31.0. The number of aromatic hydroxyl groups is 1. The van der Waals surface area contributed by atoms with E-state index in [1.807, 2.05) is 0 Å². The molecule has 0 radical (unpaired) electrons. The Morgan fingerprint density at radius 1 is 0.423 bits per heavy atom. The summed E-state index contributed by atoms with van der Waals surface area (Å²) in [5, 5.41) is 12.9. The van der Waals surface area contributed by atoms with Gasteiger partial charge in [-0.25, -0.2) is 0 Å². The SMILES string of the molecule is Cc1cc(C2CCCCC2)c2c(c1)C(C)c1cc(C)cc(C3CCCCC3)c1OP(Oc1c(C3CCCCC3)cc(C3CCCCC3)cc1C(C)c1cc(C3CCCCC3)cc(C3CCCCC3)c1O)O2. The summed E-state index contributed by atoms with van der Waals surface area (Å²) < 4.78 is 23.4. The second-order valence-electron chi connectivity index (χ2n) is 24.6. The molecule has 0 aromatic heterocycles. The minimum Gasteiger partial charge on any atom is -0.507 e. The van der Waals surface area contributed by atoms with Gasteiger partial charge in [-0.05, 0) is 160 Å². The molecule has 71 heavy (non-hydrogen) atoms. The fourth-order valence-corrected chi connectivity index (χ4v) is 16.7.